The molecule has 2 N–H and O–H groups in total. The van der Waals surface area contributed by atoms with Gasteiger partial charge in [-0.25, -0.2) is 0 Å². The monoisotopic (exact) mass is 235 g/mol. The lowest BCUT2D eigenvalue weighted by Gasteiger charge is -2.19. The number of rotatable bonds is 3. The Labute approximate surface area is 100 Å². The van der Waals surface area contributed by atoms with Crippen LogP contribution < -0.4 is 10.6 Å². The minimum atomic E-state index is -0.359. The molecule has 92 valence electrons. The van der Waals surface area contributed by atoms with E-state index in [4.69, 9.17) is 5.73 Å². The van der Waals surface area contributed by atoms with Crippen LogP contribution in [0.3, 0.4) is 0 Å². The third-order valence-corrected chi connectivity index (χ3v) is 3.37. The average molecular weight is 235 g/mol. The molecule has 1 aliphatic rings. The Morgan fingerprint density at radius 2 is 2.35 bits per heavy atom. The minimum Gasteiger partial charge on any atom is -0.371 e. The number of benzene rings is 1. The lowest BCUT2D eigenvalue weighted by Crippen LogP contribution is -2.29. The summed E-state index contributed by atoms with van der Waals surface area (Å²) in [6.07, 6.45) is 1.06. The number of hydrogen-bond acceptors (Lipinski definition) is 4. The van der Waals surface area contributed by atoms with E-state index >= 15 is 0 Å². The summed E-state index contributed by atoms with van der Waals surface area (Å²) in [6.45, 7) is 3.83. The van der Waals surface area contributed by atoms with Gasteiger partial charge >= 0.3 is 0 Å². The summed E-state index contributed by atoms with van der Waals surface area (Å²) >= 11 is 0. The molecule has 0 aromatic heterocycles. The summed E-state index contributed by atoms with van der Waals surface area (Å²) in [7, 11) is 0. The van der Waals surface area contributed by atoms with Gasteiger partial charge in [0.2, 0.25) is 0 Å². The molecule has 1 aliphatic heterocycles. The van der Waals surface area contributed by atoms with Gasteiger partial charge in [0.1, 0.15) is 0 Å². The fraction of sp³-hybridized carbons (Fsp3) is 0.500. The predicted octanol–water partition coefficient (Wildman–Crippen LogP) is 1.77. The normalized spacial score (nSPS) is 21.5. The molecule has 17 heavy (non-hydrogen) atoms. The summed E-state index contributed by atoms with van der Waals surface area (Å²) in [5, 5.41) is 10.7. The van der Waals surface area contributed by atoms with Gasteiger partial charge in [0.15, 0.2) is 0 Å². The van der Waals surface area contributed by atoms with Crippen molar-refractivity contribution in [1.29, 1.82) is 0 Å². The first kappa shape index (κ1) is 11.9. The molecule has 0 bridgehead atoms. The van der Waals surface area contributed by atoms with Gasteiger partial charge in [0, 0.05) is 37.0 Å². The zero-order valence-electron chi connectivity index (χ0n) is 9.87. The van der Waals surface area contributed by atoms with E-state index in [2.05, 4.69) is 4.90 Å². The average Bonchev–Trinajstić information content (AvgIpc) is 2.78. The van der Waals surface area contributed by atoms with E-state index in [9.17, 15) is 10.1 Å². The SMILES string of the molecule is CC(N)C1CCN(c2cccc([N+](=O)[O-])c2)C1. The third-order valence-electron chi connectivity index (χ3n) is 3.37. The van der Waals surface area contributed by atoms with Gasteiger partial charge in [-0.3, -0.25) is 10.1 Å². The summed E-state index contributed by atoms with van der Waals surface area (Å²) < 4.78 is 0. The molecule has 1 heterocycles. The van der Waals surface area contributed by atoms with Gasteiger partial charge < -0.3 is 10.6 Å². The molecule has 0 amide bonds. The number of non-ortho nitro benzene ring substituents is 1. The van der Waals surface area contributed by atoms with E-state index in [0.717, 1.165) is 25.2 Å². The molecule has 5 nitrogen and oxygen atoms in total. The van der Waals surface area contributed by atoms with Gasteiger partial charge in [0.25, 0.3) is 5.69 Å². The third kappa shape index (κ3) is 2.55. The number of nitro benzene ring substituents is 1. The van der Waals surface area contributed by atoms with Crippen LogP contribution in [-0.4, -0.2) is 24.1 Å². The highest BCUT2D eigenvalue weighted by molar-refractivity contribution is 5.53. The van der Waals surface area contributed by atoms with E-state index in [1.54, 1.807) is 12.1 Å². The van der Waals surface area contributed by atoms with E-state index in [0.29, 0.717) is 5.92 Å². The van der Waals surface area contributed by atoms with Crippen molar-refractivity contribution in [1.82, 2.24) is 0 Å². The fourth-order valence-electron chi connectivity index (χ4n) is 2.25. The molecule has 0 saturated carbocycles. The van der Waals surface area contributed by atoms with Crippen LogP contribution in [0, 0.1) is 16.0 Å². The number of nitrogens with zero attached hydrogens (tertiary/aromatic N) is 2. The van der Waals surface area contributed by atoms with E-state index in [-0.39, 0.29) is 16.7 Å². The minimum absolute atomic E-state index is 0.145. The first-order valence-corrected chi connectivity index (χ1v) is 5.83. The van der Waals surface area contributed by atoms with Gasteiger partial charge in [-0.05, 0) is 25.3 Å². The molecular weight excluding hydrogens is 218 g/mol. The second kappa shape index (κ2) is 4.71. The van der Waals surface area contributed by atoms with Crippen LogP contribution >= 0.6 is 0 Å². The van der Waals surface area contributed by atoms with Crippen LogP contribution in [0.4, 0.5) is 11.4 Å². The first-order chi connectivity index (χ1) is 8.08. The van der Waals surface area contributed by atoms with Gasteiger partial charge in [-0.1, -0.05) is 6.07 Å². The van der Waals surface area contributed by atoms with Crippen LogP contribution in [0.15, 0.2) is 24.3 Å². The zero-order valence-corrected chi connectivity index (χ0v) is 9.87. The Kier molecular flexibility index (Phi) is 3.28. The largest absolute Gasteiger partial charge is 0.371 e. The molecule has 5 heteroatoms. The predicted molar refractivity (Wildman–Crippen MR) is 67.1 cm³/mol. The van der Waals surface area contributed by atoms with E-state index < -0.39 is 0 Å². The second-order valence-electron chi connectivity index (χ2n) is 4.63. The molecule has 2 atom stereocenters. The Balaban J connectivity index is 2.13. The van der Waals surface area contributed by atoms with E-state index in [1.165, 1.54) is 6.07 Å². The summed E-state index contributed by atoms with van der Waals surface area (Å²) in [5.74, 6) is 0.481. The molecular formula is C12H17N3O2. The van der Waals surface area contributed by atoms with Crippen molar-refractivity contribution in [2.75, 3.05) is 18.0 Å². The fourth-order valence-corrected chi connectivity index (χ4v) is 2.25. The van der Waals surface area contributed by atoms with Crippen molar-refractivity contribution >= 4 is 11.4 Å². The van der Waals surface area contributed by atoms with Crippen molar-refractivity contribution in [3.63, 3.8) is 0 Å². The highest BCUT2D eigenvalue weighted by atomic mass is 16.6. The summed E-state index contributed by atoms with van der Waals surface area (Å²) in [6, 6.07) is 6.97. The Morgan fingerprint density at radius 3 is 2.94 bits per heavy atom. The van der Waals surface area contributed by atoms with Gasteiger partial charge in [0.05, 0.1) is 4.92 Å². The summed E-state index contributed by atoms with van der Waals surface area (Å²) in [5.41, 5.74) is 6.95. The maximum absolute atomic E-state index is 10.7. The summed E-state index contributed by atoms with van der Waals surface area (Å²) in [4.78, 5) is 12.5. The first-order valence-electron chi connectivity index (χ1n) is 5.83. The molecule has 2 unspecified atom stereocenters. The molecule has 1 fully saturated rings. The van der Waals surface area contributed by atoms with E-state index in [1.807, 2.05) is 13.0 Å². The topological polar surface area (TPSA) is 72.4 Å². The van der Waals surface area contributed by atoms with Crippen molar-refractivity contribution in [3.8, 4) is 0 Å². The van der Waals surface area contributed by atoms with Crippen molar-refractivity contribution in [3.05, 3.63) is 34.4 Å². The standard InChI is InChI=1S/C12H17N3O2/c1-9(13)10-5-6-14(8-10)11-3-2-4-12(7-11)15(16)17/h2-4,7,9-10H,5-6,8,13H2,1H3. The van der Waals surface area contributed by atoms with Crippen LogP contribution in [-0.2, 0) is 0 Å². The number of nitrogens with two attached hydrogens (primary N) is 1. The lowest BCUT2D eigenvalue weighted by molar-refractivity contribution is -0.384. The molecule has 0 spiro atoms. The Morgan fingerprint density at radius 1 is 1.59 bits per heavy atom. The van der Waals surface area contributed by atoms with Gasteiger partial charge in [-0.2, -0.15) is 0 Å². The lowest BCUT2D eigenvalue weighted by atomic mass is 10.0. The number of anilines is 1. The highest BCUT2D eigenvalue weighted by Crippen LogP contribution is 2.27. The molecule has 0 radical (unpaired) electrons. The van der Waals surface area contributed by atoms with Crippen LogP contribution in [0.2, 0.25) is 0 Å². The maximum atomic E-state index is 10.7. The quantitative estimate of drug-likeness (QED) is 0.640. The molecule has 1 saturated heterocycles. The Bertz CT molecular complexity index is 420. The smallest absolute Gasteiger partial charge is 0.271 e. The second-order valence-corrected chi connectivity index (χ2v) is 4.63. The van der Waals surface area contributed by atoms with Crippen LogP contribution in [0.1, 0.15) is 13.3 Å². The van der Waals surface area contributed by atoms with Crippen molar-refractivity contribution in [2.45, 2.75) is 19.4 Å². The number of nitro groups is 1. The molecule has 1 aromatic carbocycles. The molecule has 1 aromatic rings. The highest BCUT2D eigenvalue weighted by Gasteiger charge is 2.25. The molecule has 0 aliphatic carbocycles. The van der Waals surface area contributed by atoms with Crippen LogP contribution in [0.25, 0.3) is 0 Å². The van der Waals surface area contributed by atoms with Crippen molar-refractivity contribution in [2.24, 2.45) is 11.7 Å². The van der Waals surface area contributed by atoms with Crippen molar-refractivity contribution < 1.29 is 4.92 Å². The van der Waals surface area contributed by atoms with Crippen LogP contribution in [0.5, 0.6) is 0 Å². The van der Waals surface area contributed by atoms with Gasteiger partial charge in [-0.15, -0.1) is 0 Å². The zero-order chi connectivity index (χ0) is 12.4. The Hall–Kier alpha value is -1.62. The molecule has 2 rings (SSSR count). The maximum Gasteiger partial charge on any atom is 0.271 e. The number of hydrogen-bond donors (Lipinski definition) is 1.